The van der Waals surface area contributed by atoms with Crippen LogP contribution in [-0.4, -0.2) is 11.6 Å². The molecule has 0 saturated heterocycles. The van der Waals surface area contributed by atoms with Crippen LogP contribution in [0.3, 0.4) is 0 Å². The summed E-state index contributed by atoms with van der Waals surface area (Å²) in [5.41, 5.74) is 5.16. The van der Waals surface area contributed by atoms with Crippen molar-refractivity contribution in [2.24, 2.45) is 0 Å². The van der Waals surface area contributed by atoms with E-state index in [9.17, 15) is 0 Å². The van der Waals surface area contributed by atoms with Crippen LogP contribution < -0.4 is 0 Å². The van der Waals surface area contributed by atoms with E-state index in [4.69, 9.17) is 11.6 Å². The van der Waals surface area contributed by atoms with Crippen molar-refractivity contribution in [1.29, 1.82) is 0 Å². The average Bonchev–Trinajstić information content (AvgIpc) is 2.16. The zero-order valence-electron chi connectivity index (χ0n) is 9.35. The number of hydrogen-bond acceptors (Lipinski definition) is 1. The van der Waals surface area contributed by atoms with Crippen molar-refractivity contribution in [1.82, 2.24) is 0 Å². The largest absolute Gasteiger partial charge is 0.153 e. The Hall–Kier alpha value is -0.400. The van der Waals surface area contributed by atoms with E-state index in [0.29, 0.717) is 5.88 Å². The Bertz CT molecular complexity index is 324. The minimum absolute atomic E-state index is 0.569. The Kier molecular flexibility index (Phi) is 5.27. The molecule has 82 valence electrons. The second kappa shape index (κ2) is 6.24. The van der Waals surface area contributed by atoms with Gasteiger partial charge in [-0.2, -0.15) is 11.8 Å². The second-order valence-corrected chi connectivity index (χ2v) is 5.13. The van der Waals surface area contributed by atoms with Gasteiger partial charge in [-0.25, -0.2) is 0 Å². The SMILES string of the molecule is C=C(CCl)CSCc1cc(C)cc(C)c1. The van der Waals surface area contributed by atoms with Crippen LogP contribution in [0.5, 0.6) is 0 Å². The van der Waals surface area contributed by atoms with Crippen molar-refractivity contribution < 1.29 is 0 Å². The van der Waals surface area contributed by atoms with Gasteiger partial charge in [-0.05, 0) is 19.4 Å². The third kappa shape index (κ3) is 4.76. The van der Waals surface area contributed by atoms with Crippen LogP contribution in [0.4, 0.5) is 0 Å². The molecule has 0 N–H and O–H groups in total. The quantitative estimate of drug-likeness (QED) is 0.545. The van der Waals surface area contributed by atoms with E-state index in [1.54, 1.807) is 0 Å². The Morgan fingerprint density at radius 2 is 1.87 bits per heavy atom. The topological polar surface area (TPSA) is 0 Å². The third-order valence-electron chi connectivity index (χ3n) is 2.05. The maximum absolute atomic E-state index is 5.67. The predicted molar refractivity (Wildman–Crippen MR) is 71.9 cm³/mol. The number of rotatable bonds is 5. The second-order valence-electron chi connectivity index (χ2n) is 3.87. The highest BCUT2D eigenvalue weighted by Crippen LogP contribution is 2.17. The van der Waals surface area contributed by atoms with Gasteiger partial charge in [0, 0.05) is 17.4 Å². The van der Waals surface area contributed by atoms with Crippen molar-refractivity contribution >= 4 is 23.4 Å². The highest BCUT2D eigenvalue weighted by Gasteiger charge is 1.98. The first-order valence-corrected chi connectivity index (χ1v) is 6.68. The molecule has 0 aliphatic carbocycles. The molecule has 0 fully saturated rings. The lowest BCUT2D eigenvalue weighted by molar-refractivity contribution is 1.30. The molecule has 0 nitrogen and oxygen atoms in total. The van der Waals surface area contributed by atoms with Gasteiger partial charge in [0.15, 0.2) is 0 Å². The summed E-state index contributed by atoms with van der Waals surface area (Å²) in [6.07, 6.45) is 0. The van der Waals surface area contributed by atoms with Gasteiger partial charge < -0.3 is 0 Å². The zero-order chi connectivity index (χ0) is 11.3. The first-order valence-electron chi connectivity index (χ1n) is 4.99. The van der Waals surface area contributed by atoms with Crippen molar-refractivity contribution in [2.75, 3.05) is 11.6 Å². The van der Waals surface area contributed by atoms with Crippen molar-refractivity contribution in [3.05, 3.63) is 47.0 Å². The van der Waals surface area contributed by atoms with E-state index in [1.807, 2.05) is 11.8 Å². The van der Waals surface area contributed by atoms with E-state index in [0.717, 1.165) is 17.1 Å². The van der Waals surface area contributed by atoms with Gasteiger partial charge in [-0.1, -0.05) is 41.5 Å². The van der Waals surface area contributed by atoms with Gasteiger partial charge in [0.05, 0.1) is 0 Å². The number of thioether (sulfide) groups is 1. The van der Waals surface area contributed by atoms with E-state index in [1.165, 1.54) is 16.7 Å². The summed E-state index contributed by atoms with van der Waals surface area (Å²) in [6.45, 7) is 8.16. The van der Waals surface area contributed by atoms with Gasteiger partial charge >= 0.3 is 0 Å². The maximum atomic E-state index is 5.67. The summed E-state index contributed by atoms with van der Waals surface area (Å²) in [4.78, 5) is 0. The summed E-state index contributed by atoms with van der Waals surface area (Å²) >= 11 is 7.54. The predicted octanol–water partition coefficient (Wildman–Crippen LogP) is 4.33. The Morgan fingerprint density at radius 1 is 1.27 bits per heavy atom. The molecular formula is C13H17ClS. The van der Waals surface area contributed by atoms with Gasteiger partial charge in [-0.3, -0.25) is 0 Å². The van der Waals surface area contributed by atoms with Crippen LogP contribution in [0.1, 0.15) is 16.7 Å². The number of benzene rings is 1. The number of halogens is 1. The molecule has 0 aromatic heterocycles. The molecule has 0 heterocycles. The molecule has 0 amide bonds. The smallest absolute Gasteiger partial charge is 0.0439 e. The van der Waals surface area contributed by atoms with Crippen molar-refractivity contribution in [3.63, 3.8) is 0 Å². The first kappa shape index (κ1) is 12.7. The van der Waals surface area contributed by atoms with E-state index in [2.05, 4.69) is 38.6 Å². The molecule has 1 rings (SSSR count). The summed E-state index contributed by atoms with van der Waals surface area (Å²) < 4.78 is 0. The molecule has 0 spiro atoms. The van der Waals surface area contributed by atoms with E-state index >= 15 is 0 Å². The van der Waals surface area contributed by atoms with Crippen LogP contribution in [0.15, 0.2) is 30.4 Å². The average molecular weight is 241 g/mol. The molecule has 1 aromatic rings. The van der Waals surface area contributed by atoms with Gasteiger partial charge in [0.2, 0.25) is 0 Å². The Labute approximate surface area is 102 Å². The van der Waals surface area contributed by atoms with Gasteiger partial charge in [0.1, 0.15) is 0 Å². The van der Waals surface area contributed by atoms with Crippen LogP contribution in [-0.2, 0) is 5.75 Å². The molecule has 0 atom stereocenters. The first-order chi connectivity index (χ1) is 7.11. The van der Waals surface area contributed by atoms with Crippen LogP contribution in [0.2, 0.25) is 0 Å². The van der Waals surface area contributed by atoms with E-state index in [-0.39, 0.29) is 0 Å². The summed E-state index contributed by atoms with van der Waals surface area (Å²) in [6, 6.07) is 6.68. The van der Waals surface area contributed by atoms with Gasteiger partial charge in [-0.15, -0.1) is 11.6 Å². The minimum Gasteiger partial charge on any atom is -0.153 e. The fraction of sp³-hybridized carbons (Fsp3) is 0.385. The van der Waals surface area contributed by atoms with Gasteiger partial charge in [0.25, 0.3) is 0 Å². The van der Waals surface area contributed by atoms with Crippen LogP contribution in [0.25, 0.3) is 0 Å². The molecular weight excluding hydrogens is 224 g/mol. The molecule has 0 aliphatic rings. The summed E-state index contributed by atoms with van der Waals surface area (Å²) in [5, 5.41) is 0. The molecule has 2 heteroatoms. The molecule has 15 heavy (non-hydrogen) atoms. The van der Waals surface area contributed by atoms with E-state index < -0.39 is 0 Å². The fourth-order valence-corrected chi connectivity index (χ4v) is 2.61. The van der Waals surface area contributed by atoms with Crippen molar-refractivity contribution in [2.45, 2.75) is 19.6 Å². The summed E-state index contributed by atoms with van der Waals surface area (Å²) in [7, 11) is 0. The molecule has 0 saturated carbocycles. The molecule has 0 radical (unpaired) electrons. The van der Waals surface area contributed by atoms with Crippen molar-refractivity contribution in [3.8, 4) is 0 Å². The fourth-order valence-electron chi connectivity index (χ4n) is 1.50. The minimum atomic E-state index is 0.569. The normalized spacial score (nSPS) is 10.3. The number of aryl methyl sites for hydroxylation is 2. The Morgan fingerprint density at radius 3 is 2.40 bits per heavy atom. The standard InChI is InChI=1S/C13H17ClS/c1-10-4-11(2)6-13(5-10)9-15-8-12(3)7-14/h4-6H,3,7-9H2,1-2H3. The lowest BCUT2D eigenvalue weighted by atomic mass is 10.1. The molecule has 0 bridgehead atoms. The Balaban J connectivity index is 2.47. The molecule has 0 unspecified atom stereocenters. The van der Waals surface area contributed by atoms with Crippen LogP contribution >= 0.6 is 23.4 Å². The highest BCUT2D eigenvalue weighted by molar-refractivity contribution is 7.98. The summed E-state index contributed by atoms with van der Waals surface area (Å²) in [5.74, 6) is 2.56. The third-order valence-corrected chi connectivity index (χ3v) is 3.57. The van der Waals surface area contributed by atoms with Crippen LogP contribution in [0, 0.1) is 13.8 Å². The lowest BCUT2D eigenvalue weighted by Crippen LogP contribution is -1.89. The molecule has 0 aliphatic heterocycles. The highest BCUT2D eigenvalue weighted by atomic mass is 35.5. The monoisotopic (exact) mass is 240 g/mol. The lowest BCUT2D eigenvalue weighted by Gasteiger charge is -2.05. The molecule has 1 aromatic carbocycles. The maximum Gasteiger partial charge on any atom is 0.0439 e. The zero-order valence-corrected chi connectivity index (χ0v) is 10.9. The number of alkyl halides is 1. The number of hydrogen-bond donors (Lipinski definition) is 0.